The van der Waals surface area contributed by atoms with Gasteiger partial charge in [0.15, 0.2) is 5.65 Å². The van der Waals surface area contributed by atoms with E-state index < -0.39 is 17.6 Å². The van der Waals surface area contributed by atoms with Gasteiger partial charge in [-0.1, -0.05) is 6.07 Å². The highest BCUT2D eigenvalue weighted by Gasteiger charge is 2.30. The highest BCUT2D eigenvalue weighted by molar-refractivity contribution is 6.04. The van der Waals surface area contributed by atoms with E-state index in [1.165, 1.54) is 30.7 Å². The van der Waals surface area contributed by atoms with Crippen molar-refractivity contribution in [2.75, 3.05) is 5.32 Å². The molecule has 0 aliphatic rings. The fraction of sp³-hybridized carbons (Fsp3) is 0.0714. The fourth-order valence-corrected chi connectivity index (χ4v) is 1.94. The van der Waals surface area contributed by atoms with Crippen LogP contribution in [0.4, 0.5) is 18.9 Å². The van der Waals surface area contributed by atoms with Gasteiger partial charge in [0.05, 0.1) is 11.1 Å². The van der Waals surface area contributed by atoms with Crippen LogP contribution in [0.2, 0.25) is 0 Å². The first-order chi connectivity index (χ1) is 10.4. The molecule has 0 spiro atoms. The van der Waals surface area contributed by atoms with Crippen LogP contribution in [0.3, 0.4) is 0 Å². The quantitative estimate of drug-likeness (QED) is 0.792. The van der Waals surface area contributed by atoms with Gasteiger partial charge in [-0.2, -0.15) is 13.2 Å². The zero-order chi connectivity index (χ0) is 15.7. The normalized spacial score (nSPS) is 11.6. The summed E-state index contributed by atoms with van der Waals surface area (Å²) in [5.41, 5.74) is 0.101. The minimum atomic E-state index is -4.46. The summed E-state index contributed by atoms with van der Waals surface area (Å²) in [4.78, 5) is 12.1. The first-order valence-corrected chi connectivity index (χ1v) is 6.21. The van der Waals surface area contributed by atoms with Gasteiger partial charge < -0.3 is 5.32 Å². The van der Waals surface area contributed by atoms with Crippen LogP contribution in [0.25, 0.3) is 5.65 Å². The predicted octanol–water partition coefficient (Wildman–Crippen LogP) is 3.00. The highest BCUT2D eigenvalue weighted by Crippen LogP contribution is 2.30. The minimum Gasteiger partial charge on any atom is -0.322 e. The second-order valence-electron chi connectivity index (χ2n) is 4.55. The second-order valence-corrected chi connectivity index (χ2v) is 4.55. The van der Waals surface area contributed by atoms with E-state index >= 15 is 0 Å². The van der Waals surface area contributed by atoms with Gasteiger partial charge >= 0.3 is 6.18 Å². The summed E-state index contributed by atoms with van der Waals surface area (Å²) in [6, 6.07) is 7.57. The fourth-order valence-electron chi connectivity index (χ4n) is 1.94. The number of rotatable bonds is 2. The van der Waals surface area contributed by atoms with E-state index in [0.29, 0.717) is 5.65 Å². The van der Waals surface area contributed by atoms with Crippen LogP contribution >= 0.6 is 0 Å². The molecule has 0 unspecified atom stereocenters. The molecule has 0 aliphatic heterocycles. The van der Waals surface area contributed by atoms with Crippen molar-refractivity contribution in [1.82, 2.24) is 14.6 Å². The number of hydrogen-bond acceptors (Lipinski definition) is 3. The van der Waals surface area contributed by atoms with E-state index in [-0.39, 0.29) is 11.3 Å². The number of alkyl halides is 3. The third kappa shape index (κ3) is 2.76. The Bertz CT molecular complexity index is 841. The summed E-state index contributed by atoms with van der Waals surface area (Å²) in [6.07, 6.45) is -1.53. The van der Waals surface area contributed by atoms with Gasteiger partial charge in [-0.3, -0.25) is 9.20 Å². The number of halogens is 3. The van der Waals surface area contributed by atoms with Crippen molar-refractivity contribution in [3.05, 3.63) is 60.0 Å². The van der Waals surface area contributed by atoms with Gasteiger partial charge in [-0.15, -0.1) is 10.2 Å². The monoisotopic (exact) mass is 306 g/mol. The number of anilines is 1. The molecule has 0 saturated carbocycles. The zero-order valence-electron chi connectivity index (χ0n) is 11.0. The topological polar surface area (TPSA) is 59.3 Å². The van der Waals surface area contributed by atoms with E-state index in [1.54, 1.807) is 10.5 Å². The predicted molar refractivity (Wildman–Crippen MR) is 72.4 cm³/mol. The Morgan fingerprint density at radius 2 is 2.00 bits per heavy atom. The Morgan fingerprint density at radius 3 is 2.77 bits per heavy atom. The van der Waals surface area contributed by atoms with Gasteiger partial charge in [-0.05, 0) is 30.3 Å². The van der Waals surface area contributed by atoms with Gasteiger partial charge in [0.25, 0.3) is 5.91 Å². The molecular weight excluding hydrogens is 297 g/mol. The van der Waals surface area contributed by atoms with Crippen LogP contribution in [0, 0.1) is 0 Å². The average molecular weight is 306 g/mol. The molecule has 0 aliphatic carbocycles. The van der Waals surface area contributed by atoms with E-state index in [0.717, 1.165) is 12.1 Å². The molecule has 1 aromatic carbocycles. The number of benzene rings is 1. The first kappa shape index (κ1) is 14.1. The van der Waals surface area contributed by atoms with E-state index in [9.17, 15) is 18.0 Å². The molecule has 0 radical (unpaired) electrons. The molecule has 3 aromatic rings. The van der Waals surface area contributed by atoms with Crippen LogP contribution in [0.15, 0.2) is 48.9 Å². The molecule has 2 aromatic heterocycles. The number of carbonyl (C=O) groups is 1. The molecule has 3 rings (SSSR count). The Hall–Kier alpha value is -2.90. The van der Waals surface area contributed by atoms with Gasteiger partial charge in [0, 0.05) is 11.9 Å². The van der Waals surface area contributed by atoms with Crippen molar-refractivity contribution >= 4 is 17.2 Å². The lowest BCUT2D eigenvalue weighted by Gasteiger charge is -2.10. The summed E-state index contributed by atoms with van der Waals surface area (Å²) in [5.74, 6) is -0.519. The lowest BCUT2D eigenvalue weighted by atomic mass is 10.2. The summed E-state index contributed by atoms with van der Waals surface area (Å²) < 4.78 is 39.5. The minimum absolute atomic E-state index is 0.0729. The lowest BCUT2D eigenvalue weighted by molar-refractivity contribution is -0.137. The van der Waals surface area contributed by atoms with Crippen LogP contribution < -0.4 is 5.32 Å². The molecule has 2 heterocycles. The maximum atomic E-state index is 12.6. The van der Waals surface area contributed by atoms with Gasteiger partial charge in [0.1, 0.15) is 6.33 Å². The average Bonchev–Trinajstić information content (AvgIpc) is 2.94. The van der Waals surface area contributed by atoms with E-state index in [4.69, 9.17) is 0 Å². The number of nitrogens with one attached hydrogen (secondary N) is 1. The Balaban J connectivity index is 1.84. The summed E-state index contributed by atoms with van der Waals surface area (Å²) >= 11 is 0. The number of pyridine rings is 1. The molecule has 0 atom stereocenters. The molecule has 5 nitrogen and oxygen atoms in total. The molecule has 112 valence electrons. The van der Waals surface area contributed by atoms with Gasteiger partial charge in [-0.25, -0.2) is 0 Å². The van der Waals surface area contributed by atoms with Crippen LogP contribution in [-0.4, -0.2) is 20.5 Å². The Kier molecular flexibility index (Phi) is 3.28. The number of carbonyl (C=O) groups excluding carboxylic acids is 1. The summed E-state index contributed by atoms with van der Waals surface area (Å²) in [5, 5.41) is 9.91. The maximum Gasteiger partial charge on any atom is 0.416 e. The maximum absolute atomic E-state index is 12.6. The standard InChI is InChI=1S/C14H9F3N4O/c15-14(16,17)10-2-1-3-11(6-10)19-13(22)9-4-5-12-20-18-8-21(12)7-9/h1-8H,(H,19,22). The van der Waals surface area contributed by atoms with Crippen LogP contribution in [0.5, 0.6) is 0 Å². The highest BCUT2D eigenvalue weighted by atomic mass is 19.4. The zero-order valence-corrected chi connectivity index (χ0v) is 11.0. The molecular formula is C14H9F3N4O. The van der Waals surface area contributed by atoms with E-state index in [1.807, 2.05) is 0 Å². The van der Waals surface area contributed by atoms with Crippen molar-refractivity contribution in [2.45, 2.75) is 6.18 Å². The Labute approximate surface area is 122 Å². The molecule has 0 saturated heterocycles. The van der Waals surface area contributed by atoms with Crippen molar-refractivity contribution in [1.29, 1.82) is 0 Å². The van der Waals surface area contributed by atoms with Gasteiger partial charge in [0.2, 0.25) is 0 Å². The largest absolute Gasteiger partial charge is 0.416 e. The lowest BCUT2D eigenvalue weighted by Crippen LogP contribution is -2.13. The first-order valence-electron chi connectivity index (χ1n) is 6.21. The second kappa shape index (κ2) is 5.14. The molecule has 0 bridgehead atoms. The SMILES string of the molecule is O=C(Nc1cccc(C(F)(F)F)c1)c1ccc2nncn2c1. The summed E-state index contributed by atoms with van der Waals surface area (Å²) in [6.45, 7) is 0. The summed E-state index contributed by atoms with van der Waals surface area (Å²) in [7, 11) is 0. The number of aromatic nitrogens is 3. The van der Waals surface area contributed by atoms with Crippen molar-refractivity contribution < 1.29 is 18.0 Å². The molecule has 0 fully saturated rings. The van der Waals surface area contributed by atoms with Crippen molar-refractivity contribution in [3.8, 4) is 0 Å². The number of nitrogens with zero attached hydrogens (tertiary/aromatic N) is 3. The third-order valence-electron chi connectivity index (χ3n) is 3.00. The number of fused-ring (bicyclic) bond motifs is 1. The van der Waals surface area contributed by atoms with Crippen LogP contribution in [-0.2, 0) is 6.18 Å². The third-order valence-corrected chi connectivity index (χ3v) is 3.00. The smallest absolute Gasteiger partial charge is 0.322 e. The Morgan fingerprint density at radius 1 is 1.18 bits per heavy atom. The van der Waals surface area contributed by atoms with E-state index in [2.05, 4.69) is 15.5 Å². The van der Waals surface area contributed by atoms with Crippen LogP contribution in [0.1, 0.15) is 15.9 Å². The number of amides is 1. The molecule has 22 heavy (non-hydrogen) atoms. The molecule has 8 heteroatoms. The molecule has 1 amide bonds. The van der Waals surface area contributed by atoms with Crippen molar-refractivity contribution in [3.63, 3.8) is 0 Å². The molecule has 1 N–H and O–H groups in total. The number of hydrogen-bond donors (Lipinski definition) is 1. The van der Waals surface area contributed by atoms with Crippen molar-refractivity contribution in [2.24, 2.45) is 0 Å².